The van der Waals surface area contributed by atoms with Crippen LogP contribution >= 0.6 is 0 Å². The zero-order chi connectivity index (χ0) is 38.7. The molecule has 11 rings (SSSR count). The first-order valence-corrected chi connectivity index (χ1v) is 19.5. The summed E-state index contributed by atoms with van der Waals surface area (Å²) in [7, 11) is 0. The second-order valence-corrected chi connectivity index (χ2v) is 14.7. The minimum absolute atomic E-state index is 0.560. The Morgan fingerprint density at radius 3 is 1.33 bits per heavy atom. The molecule has 0 atom stereocenters. The van der Waals surface area contributed by atoms with E-state index in [1.807, 2.05) is 12.1 Å². The summed E-state index contributed by atoms with van der Waals surface area (Å²) < 4.78 is 13.4. The first-order valence-electron chi connectivity index (χ1n) is 19.5. The summed E-state index contributed by atoms with van der Waals surface area (Å²) in [5.74, 6) is 2.78. The van der Waals surface area contributed by atoms with Crippen molar-refractivity contribution < 1.29 is 9.47 Å². The van der Waals surface area contributed by atoms with Gasteiger partial charge in [-0.1, -0.05) is 110 Å². The number of rotatable bonds is 6. The van der Waals surface area contributed by atoms with E-state index in [4.69, 9.17) is 9.47 Å². The molecule has 58 heavy (non-hydrogen) atoms. The van der Waals surface area contributed by atoms with Crippen LogP contribution in [0.5, 0.6) is 17.2 Å². The number of fused-ring (bicyclic) bond motifs is 8. The van der Waals surface area contributed by atoms with Crippen LogP contribution in [0.25, 0.3) is 44.0 Å². The monoisotopic (exact) mass is 744 g/mol. The molecule has 0 aromatic heterocycles. The fraction of sp³-hybridized carbons (Fsp3) is 0. The Balaban J connectivity index is 0.968. The summed E-state index contributed by atoms with van der Waals surface area (Å²) in [5.41, 5.74) is 11.8. The number of hydrogen-bond donors (Lipinski definition) is 0. The molecular weight excluding hydrogens is 709 g/mol. The van der Waals surface area contributed by atoms with Crippen molar-refractivity contribution >= 4 is 67.0 Å². The molecule has 0 saturated heterocycles. The van der Waals surface area contributed by atoms with Crippen molar-refractivity contribution in [1.82, 2.24) is 0 Å². The average molecular weight is 745 g/mol. The molecule has 0 amide bonds. The number of para-hydroxylation sites is 2. The van der Waals surface area contributed by atoms with Gasteiger partial charge in [0.25, 0.3) is 0 Å². The smallest absolute Gasteiger partial charge is 0.137 e. The Bertz CT molecular complexity index is 3120. The molecule has 0 spiro atoms. The topological polar surface area (TPSA) is 24.9 Å². The standard InChI is InChI=1S/C54H36N2O2/c1-35-47-27-25-45(55(41-17-5-3-6-18-41)43-23-21-37-13-9-11-15-39(37)31-43)33-51(47)58-50-30-29-49-48-28-26-46(34-52(48)57-36(2)54(49)53(35)50)56(42-19-7-4-8-20-42)44-24-22-38-14-10-12-16-40(38)32-44/h3-34H,1-2H2. The third kappa shape index (κ3) is 5.54. The number of ether oxygens (including phenoxy) is 2. The van der Waals surface area contributed by atoms with Crippen LogP contribution in [0.2, 0.25) is 0 Å². The Labute approximate surface area is 337 Å². The number of benzene rings is 9. The predicted octanol–water partition coefficient (Wildman–Crippen LogP) is 15.1. The van der Waals surface area contributed by atoms with E-state index in [2.05, 4.69) is 205 Å². The minimum atomic E-state index is 0.560. The van der Waals surface area contributed by atoms with E-state index < -0.39 is 0 Å². The van der Waals surface area contributed by atoms with Crippen LogP contribution < -0.4 is 19.3 Å². The minimum Gasteiger partial charge on any atom is -0.457 e. The van der Waals surface area contributed by atoms with Crippen molar-refractivity contribution in [2.45, 2.75) is 0 Å². The van der Waals surface area contributed by atoms with E-state index in [1.54, 1.807) is 0 Å². The normalized spacial score (nSPS) is 12.5. The molecule has 0 N–H and O–H groups in total. The maximum Gasteiger partial charge on any atom is 0.137 e. The van der Waals surface area contributed by atoms with Crippen LogP contribution in [0.1, 0.15) is 16.7 Å². The van der Waals surface area contributed by atoms with Gasteiger partial charge in [0.2, 0.25) is 0 Å². The quantitative estimate of drug-likeness (QED) is 0.169. The molecule has 0 fully saturated rings. The molecule has 4 heteroatoms. The van der Waals surface area contributed by atoms with Crippen LogP contribution in [-0.2, 0) is 0 Å². The van der Waals surface area contributed by atoms with E-state index in [-0.39, 0.29) is 0 Å². The fourth-order valence-electron chi connectivity index (χ4n) is 8.54. The van der Waals surface area contributed by atoms with Gasteiger partial charge in [0, 0.05) is 68.5 Å². The molecular formula is C54H36N2O2. The summed E-state index contributed by atoms with van der Waals surface area (Å²) >= 11 is 0. The second kappa shape index (κ2) is 13.4. The zero-order valence-electron chi connectivity index (χ0n) is 31.6. The summed E-state index contributed by atoms with van der Waals surface area (Å²) in [6, 6.07) is 67.9. The highest BCUT2D eigenvalue weighted by Gasteiger charge is 2.32. The number of anilines is 6. The molecule has 0 radical (unpaired) electrons. The van der Waals surface area contributed by atoms with Crippen LogP contribution in [0.4, 0.5) is 34.1 Å². The molecule has 2 aliphatic heterocycles. The van der Waals surface area contributed by atoms with Crippen LogP contribution in [0.3, 0.4) is 0 Å². The molecule has 0 unspecified atom stereocenters. The zero-order valence-corrected chi connectivity index (χ0v) is 31.6. The van der Waals surface area contributed by atoms with E-state index in [1.165, 1.54) is 21.5 Å². The number of hydrogen-bond acceptors (Lipinski definition) is 4. The van der Waals surface area contributed by atoms with Crippen LogP contribution in [0, 0.1) is 0 Å². The highest BCUT2D eigenvalue weighted by atomic mass is 16.5. The first kappa shape index (κ1) is 33.5. The van der Waals surface area contributed by atoms with Gasteiger partial charge in [0.05, 0.1) is 0 Å². The lowest BCUT2D eigenvalue weighted by atomic mass is 9.85. The highest BCUT2D eigenvalue weighted by molar-refractivity contribution is 6.00. The predicted molar refractivity (Wildman–Crippen MR) is 241 cm³/mol. The summed E-state index contributed by atoms with van der Waals surface area (Å²) in [5, 5.41) is 4.77. The van der Waals surface area contributed by atoms with Crippen LogP contribution in [-0.4, -0.2) is 0 Å². The lowest BCUT2D eigenvalue weighted by molar-refractivity contribution is 0.471. The Hall–Kier alpha value is -7.82. The molecule has 2 heterocycles. The van der Waals surface area contributed by atoms with E-state index in [0.717, 1.165) is 84.8 Å². The Morgan fingerprint density at radius 2 is 0.759 bits per heavy atom. The molecule has 9 aromatic rings. The summed E-state index contributed by atoms with van der Waals surface area (Å²) in [6.07, 6.45) is 0. The molecule has 274 valence electrons. The SMILES string of the molecule is C=C1c2ccc(N(c3ccccc3)c3ccc4ccccc4c3)cc2Oc2ccc3c(c21)C(=C)Oc1cc(N(c2ccccc2)c2ccc4ccccc4c2)ccc1-3. The van der Waals surface area contributed by atoms with E-state index in [9.17, 15) is 0 Å². The highest BCUT2D eigenvalue weighted by Crippen LogP contribution is 2.54. The Morgan fingerprint density at radius 1 is 0.310 bits per heavy atom. The molecule has 0 bridgehead atoms. The fourth-order valence-corrected chi connectivity index (χ4v) is 8.54. The number of nitrogens with zero attached hydrogens (tertiary/aromatic N) is 2. The van der Waals surface area contributed by atoms with Gasteiger partial charge in [-0.3, -0.25) is 0 Å². The van der Waals surface area contributed by atoms with Gasteiger partial charge < -0.3 is 19.3 Å². The van der Waals surface area contributed by atoms with Crippen molar-refractivity contribution in [3.8, 4) is 28.4 Å². The van der Waals surface area contributed by atoms with Gasteiger partial charge in [0.15, 0.2) is 0 Å². The van der Waals surface area contributed by atoms with Crippen molar-refractivity contribution in [3.05, 3.63) is 224 Å². The van der Waals surface area contributed by atoms with Gasteiger partial charge in [-0.2, -0.15) is 0 Å². The van der Waals surface area contributed by atoms with Gasteiger partial charge in [-0.25, -0.2) is 0 Å². The summed E-state index contributed by atoms with van der Waals surface area (Å²) in [4.78, 5) is 4.53. The van der Waals surface area contributed by atoms with Crippen LogP contribution in [0.15, 0.2) is 207 Å². The van der Waals surface area contributed by atoms with Gasteiger partial charge in [-0.15, -0.1) is 0 Å². The average Bonchev–Trinajstić information content (AvgIpc) is 3.27. The molecule has 0 aliphatic carbocycles. The lowest BCUT2D eigenvalue weighted by Crippen LogP contribution is -2.14. The largest absolute Gasteiger partial charge is 0.457 e. The van der Waals surface area contributed by atoms with E-state index >= 15 is 0 Å². The van der Waals surface area contributed by atoms with Gasteiger partial charge in [0.1, 0.15) is 23.0 Å². The molecule has 9 aromatic carbocycles. The van der Waals surface area contributed by atoms with Crippen molar-refractivity contribution in [2.24, 2.45) is 0 Å². The summed E-state index contributed by atoms with van der Waals surface area (Å²) in [6.45, 7) is 9.11. The van der Waals surface area contributed by atoms with Crippen molar-refractivity contribution in [1.29, 1.82) is 0 Å². The maximum atomic E-state index is 6.77. The van der Waals surface area contributed by atoms with E-state index in [0.29, 0.717) is 5.76 Å². The molecule has 0 saturated carbocycles. The molecule has 2 aliphatic rings. The lowest BCUT2D eigenvalue weighted by Gasteiger charge is -2.32. The Kier molecular flexibility index (Phi) is 7.76. The van der Waals surface area contributed by atoms with Crippen molar-refractivity contribution in [3.63, 3.8) is 0 Å². The second-order valence-electron chi connectivity index (χ2n) is 14.7. The van der Waals surface area contributed by atoms with Gasteiger partial charge in [-0.05, 0) is 118 Å². The maximum absolute atomic E-state index is 6.77. The third-order valence-corrected chi connectivity index (χ3v) is 11.3. The molecule has 4 nitrogen and oxygen atoms in total. The third-order valence-electron chi connectivity index (χ3n) is 11.3. The van der Waals surface area contributed by atoms with Crippen molar-refractivity contribution in [2.75, 3.05) is 9.80 Å². The first-order chi connectivity index (χ1) is 28.6. The van der Waals surface area contributed by atoms with Gasteiger partial charge >= 0.3 is 0 Å².